The van der Waals surface area contributed by atoms with Gasteiger partial charge >= 0.3 is 24.5 Å². The Balaban J connectivity index is 1.48. The van der Waals surface area contributed by atoms with E-state index in [1.54, 1.807) is 30.3 Å². The lowest BCUT2D eigenvalue weighted by atomic mass is 10.1. The van der Waals surface area contributed by atoms with Gasteiger partial charge in [-0.3, -0.25) is 0 Å². The number of hydrogen-bond donors (Lipinski definition) is 2. The number of carbonyl (C=O) groups excluding carboxylic acids is 2. The van der Waals surface area contributed by atoms with Gasteiger partial charge in [-0.2, -0.15) is 17.6 Å². The number of benzene rings is 3. The highest BCUT2D eigenvalue weighted by Crippen LogP contribution is 2.28. The molecule has 0 amide bonds. The van der Waals surface area contributed by atoms with Crippen LogP contribution in [0.15, 0.2) is 72.8 Å². The molecular weight excluding hydrogens is 496 g/mol. The van der Waals surface area contributed by atoms with Crippen molar-refractivity contribution in [1.29, 1.82) is 0 Å². The van der Waals surface area contributed by atoms with Gasteiger partial charge in [0.15, 0.2) is 0 Å². The molecule has 3 aromatic rings. The van der Waals surface area contributed by atoms with Crippen molar-refractivity contribution >= 4 is 29.4 Å². The number of halogens is 4. The lowest BCUT2D eigenvalue weighted by Gasteiger charge is -2.16. The van der Waals surface area contributed by atoms with E-state index in [0.29, 0.717) is 23.4 Å². The minimum Gasteiger partial charge on any atom is -0.462 e. The van der Waals surface area contributed by atoms with Gasteiger partial charge in [-0.1, -0.05) is 12.1 Å². The number of nitrogen functional groups attached to an aromatic ring is 2. The summed E-state index contributed by atoms with van der Waals surface area (Å²) in [7, 11) is 0. The molecule has 4 N–H and O–H groups in total. The molecule has 11 heteroatoms. The normalized spacial score (nSPS) is 11.5. The number of carbonyl (C=O) groups is 2. The molecule has 0 aliphatic rings. The van der Waals surface area contributed by atoms with Crippen LogP contribution in [-0.2, 0) is 16.0 Å². The molecule has 0 aromatic heterocycles. The van der Waals surface area contributed by atoms with E-state index in [2.05, 4.69) is 4.74 Å². The molecule has 0 aliphatic heterocycles. The van der Waals surface area contributed by atoms with Crippen molar-refractivity contribution < 1.29 is 41.4 Å². The summed E-state index contributed by atoms with van der Waals surface area (Å²) in [6.07, 6.45) is -5.44. The molecule has 0 atom stereocenters. The predicted octanol–water partition coefficient (Wildman–Crippen LogP) is 5.11. The van der Waals surface area contributed by atoms with Crippen molar-refractivity contribution in [2.24, 2.45) is 0 Å². The quantitative estimate of drug-likeness (QED) is 0.126. The number of nitrogens with two attached hydrogens (primary N) is 2. The van der Waals surface area contributed by atoms with Gasteiger partial charge in [0, 0.05) is 23.9 Å². The van der Waals surface area contributed by atoms with Crippen LogP contribution in [0, 0.1) is 0 Å². The van der Waals surface area contributed by atoms with Gasteiger partial charge in [0.1, 0.15) is 11.5 Å². The van der Waals surface area contributed by atoms with Crippen LogP contribution in [0.4, 0.5) is 28.9 Å². The first-order valence-corrected chi connectivity index (χ1v) is 10.8. The van der Waals surface area contributed by atoms with E-state index in [1.165, 1.54) is 24.3 Å². The molecule has 0 radical (unpaired) electrons. The monoisotopic (exact) mass is 518 g/mol. The van der Waals surface area contributed by atoms with Crippen molar-refractivity contribution in [1.82, 2.24) is 0 Å². The van der Waals surface area contributed by atoms with Crippen LogP contribution in [0.1, 0.15) is 21.5 Å². The van der Waals surface area contributed by atoms with E-state index in [0.717, 1.165) is 29.8 Å². The van der Waals surface area contributed by atoms with Crippen LogP contribution in [0.2, 0.25) is 0 Å². The third kappa shape index (κ3) is 8.27. The number of alkyl halides is 4. The molecule has 0 heterocycles. The highest BCUT2D eigenvalue weighted by molar-refractivity contribution is 5.91. The average molecular weight is 518 g/mol. The zero-order valence-corrected chi connectivity index (χ0v) is 19.2. The molecule has 0 aliphatic carbocycles. The summed E-state index contributed by atoms with van der Waals surface area (Å²) in [6, 6.07) is 15.4. The molecule has 0 saturated heterocycles. The van der Waals surface area contributed by atoms with Crippen molar-refractivity contribution in [3.63, 3.8) is 0 Å². The average Bonchev–Trinajstić information content (AvgIpc) is 2.83. The second-order valence-corrected chi connectivity index (χ2v) is 7.71. The molecule has 0 unspecified atom stereocenters. The maximum atomic E-state index is 12.9. The first kappa shape index (κ1) is 27.1. The van der Waals surface area contributed by atoms with Gasteiger partial charge in [-0.25, -0.2) is 9.59 Å². The smallest absolute Gasteiger partial charge is 0.461 e. The van der Waals surface area contributed by atoms with Crippen LogP contribution in [0.3, 0.4) is 0 Å². The third-order valence-corrected chi connectivity index (χ3v) is 4.77. The number of hydrogen-bond acceptors (Lipinski definition) is 7. The molecule has 0 saturated carbocycles. The molecule has 7 nitrogen and oxygen atoms in total. The summed E-state index contributed by atoms with van der Waals surface area (Å²) in [5.41, 5.74) is 14.1. The fourth-order valence-corrected chi connectivity index (χ4v) is 3.05. The van der Waals surface area contributed by atoms with E-state index in [9.17, 15) is 27.2 Å². The Morgan fingerprint density at radius 2 is 1.49 bits per heavy atom. The SMILES string of the molecule is Nc1cc(N)cc(CCOC(=O)/C=C/c2ccc(C(=O)Oc3ccc(OC(F)(F)C(F)F)cc3)cc2)c1. The maximum Gasteiger partial charge on any atom is 0.461 e. The Kier molecular flexibility index (Phi) is 8.72. The maximum absolute atomic E-state index is 12.9. The molecule has 0 bridgehead atoms. The molecule has 3 rings (SSSR count). The van der Waals surface area contributed by atoms with E-state index in [-0.39, 0.29) is 17.9 Å². The zero-order chi connectivity index (χ0) is 27.0. The lowest BCUT2D eigenvalue weighted by Crippen LogP contribution is -2.33. The third-order valence-electron chi connectivity index (χ3n) is 4.77. The van der Waals surface area contributed by atoms with Crippen molar-refractivity contribution in [2.45, 2.75) is 19.0 Å². The van der Waals surface area contributed by atoms with Gasteiger partial charge in [-0.15, -0.1) is 0 Å². The molecule has 37 heavy (non-hydrogen) atoms. The molecular formula is C26H22F4N2O5. The zero-order valence-electron chi connectivity index (χ0n) is 19.2. The summed E-state index contributed by atoms with van der Waals surface area (Å²) >= 11 is 0. The van der Waals surface area contributed by atoms with Crippen LogP contribution in [-0.4, -0.2) is 31.1 Å². The van der Waals surface area contributed by atoms with Crippen LogP contribution in [0.5, 0.6) is 11.5 Å². The van der Waals surface area contributed by atoms with Gasteiger partial charge in [0.2, 0.25) is 0 Å². The number of ether oxygens (including phenoxy) is 3. The van der Waals surface area contributed by atoms with Gasteiger partial charge in [0.25, 0.3) is 0 Å². The number of esters is 2. The van der Waals surface area contributed by atoms with Gasteiger partial charge in [-0.05, 0) is 71.8 Å². The van der Waals surface area contributed by atoms with Crippen LogP contribution in [0.25, 0.3) is 6.08 Å². The Morgan fingerprint density at radius 1 is 0.892 bits per heavy atom. The molecule has 0 spiro atoms. The highest BCUT2D eigenvalue weighted by Gasteiger charge is 2.43. The van der Waals surface area contributed by atoms with Gasteiger partial charge in [0.05, 0.1) is 12.2 Å². The van der Waals surface area contributed by atoms with Crippen molar-refractivity contribution in [3.8, 4) is 11.5 Å². The number of anilines is 2. The first-order valence-electron chi connectivity index (χ1n) is 10.8. The topological polar surface area (TPSA) is 114 Å². The molecule has 0 fully saturated rings. The Morgan fingerprint density at radius 3 is 2.08 bits per heavy atom. The van der Waals surface area contributed by atoms with E-state index in [1.807, 2.05) is 0 Å². The van der Waals surface area contributed by atoms with Crippen molar-refractivity contribution in [3.05, 3.63) is 89.5 Å². The summed E-state index contributed by atoms with van der Waals surface area (Å²) in [5, 5.41) is 0. The lowest BCUT2D eigenvalue weighted by molar-refractivity contribution is -0.253. The second kappa shape index (κ2) is 11.9. The molecule has 3 aromatic carbocycles. The fourth-order valence-electron chi connectivity index (χ4n) is 3.05. The number of rotatable bonds is 10. The molecule has 194 valence electrons. The van der Waals surface area contributed by atoms with Gasteiger partial charge < -0.3 is 25.7 Å². The minimum atomic E-state index is -4.64. The fraction of sp³-hybridized carbons (Fsp3) is 0.154. The Hall–Kier alpha value is -4.54. The minimum absolute atomic E-state index is 0.00898. The van der Waals surface area contributed by atoms with Crippen LogP contribution >= 0.6 is 0 Å². The first-order chi connectivity index (χ1) is 17.5. The predicted molar refractivity (Wildman–Crippen MR) is 128 cm³/mol. The van der Waals surface area contributed by atoms with Crippen LogP contribution < -0.4 is 20.9 Å². The van der Waals surface area contributed by atoms with E-state index in [4.69, 9.17) is 20.9 Å². The Labute approximate surface area is 209 Å². The van der Waals surface area contributed by atoms with Crippen molar-refractivity contribution in [2.75, 3.05) is 18.1 Å². The summed E-state index contributed by atoms with van der Waals surface area (Å²) in [4.78, 5) is 24.2. The standard InChI is InChI=1S/C26H22F4N2O5/c27-25(28)26(29,30)37-22-8-6-21(7-9-22)36-24(34)18-4-1-16(2-5-18)3-10-23(33)35-12-11-17-13-19(31)15-20(32)14-17/h1-10,13-15,25H,11-12,31-32H2/b10-3+. The largest absolute Gasteiger partial charge is 0.462 e. The Bertz CT molecular complexity index is 1240. The summed E-state index contributed by atoms with van der Waals surface area (Å²) < 4.78 is 64.5. The van der Waals surface area contributed by atoms with E-state index < -0.39 is 30.2 Å². The highest BCUT2D eigenvalue weighted by atomic mass is 19.3. The summed E-state index contributed by atoms with van der Waals surface area (Å²) in [5.74, 6) is -1.83. The summed E-state index contributed by atoms with van der Waals surface area (Å²) in [6.45, 7) is 0.137. The van der Waals surface area contributed by atoms with E-state index >= 15 is 0 Å². The second-order valence-electron chi connectivity index (χ2n) is 7.71.